The average Bonchev–Trinajstić information content (AvgIpc) is 2.47. The van der Waals surface area contributed by atoms with Crippen LogP contribution in [-0.4, -0.2) is 56.4 Å². The molecule has 2 heterocycles. The highest BCUT2D eigenvalue weighted by Gasteiger charge is 2.17. The summed E-state index contributed by atoms with van der Waals surface area (Å²) in [7, 11) is 2.83. The van der Waals surface area contributed by atoms with E-state index in [0.29, 0.717) is 5.56 Å². The molecule has 19 heavy (non-hydrogen) atoms. The maximum Gasteiger partial charge on any atom is 0.343 e. The number of esters is 1. The fourth-order valence-electron chi connectivity index (χ4n) is 2.02. The number of nitrogens with zero attached hydrogens (tertiary/aromatic N) is 2. The largest absolute Gasteiger partial charge is 0.480 e. The van der Waals surface area contributed by atoms with E-state index in [9.17, 15) is 4.79 Å². The molecule has 1 saturated heterocycles. The fourth-order valence-corrected chi connectivity index (χ4v) is 2.02. The molecule has 104 valence electrons. The molecule has 0 atom stereocenters. The van der Waals surface area contributed by atoms with Gasteiger partial charge in [-0.05, 0) is 11.6 Å². The number of ether oxygens (including phenoxy) is 3. The van der Waals surface area contributed by atoms with Gasteiger partial charge in [-0.25, -0.2) is 9.78 Å². The van der Waals surface area contributed by atoms with E-state index < -0.39 is 5.97 Å². The maximum atomic E-state index is 11.7. The minimum atomic E-state index is -0.437. The predicted octanol–water partition coefficient (Wildman–Crippen LogP) is 0.709. The number of hydrogen-bond acceptors (Lipinski definition) is 6. The van der Waals surface area contributed by atoms with E-state index in [1.165, 1.54) is 14.2 Å². The normalized spacial score (nSPS) is 16.1. The molecule has 0 amide bonds. The fraction of sp³-hybridized carbons (Fsp3) is 0.538. The topological polar surface area (TPSA) is 60.9 Å². The average molecular weight is 266 g/mol. The van der Waals surface area contributed by atoms with Gasteiger partial charge in [0.2, 0.25) is 5.88 Å². The Balaban J connectivity index is 2.14. The number of rotatable bonds is 4. The van der Waals surface area contributed by atoms with Gasteiger partial charge in [0.25, 0.3) is 0 Å². The van der Waals surface area contributed by atoms with Crippen molar-refractivity contribution in [2.45, 2.75) is 6.54 Å². The van der Waals surface area contributed by atoms with Gasteiger partial charge in [0, 0.05) is 25.8 Å². The SMILES string of the molecule is COC(=O)c1cc(CN2CCOCC2)cnc1OC. The Hall–Kier alpha value is -1.66. The molecule has 1 fully saturated rings. The number of hydrogen-bond donors (Lipinski definition) is 0. The molecule has 0 N–H and O–H groups in total. The van der Waals surface area contributed by atoms with Gasteiger partial charge in [-0.1, -0.05) is 0 Å². The van der Waals surface area contributed by atoms with Crippen LogP contribution in [0.1, 0.15) is 15.9 Å². The lowest BCUT2D eigenvalue weighted by Crippen LogP contribution is -2.35. The second kappa shape index (κ2) is 6.49. The van der Waals surface area contributed by atoms with Gasteiger partial charge in [-0.15, -0.1) is 0 Å². The van der Waals surface area contributed by atoms with Crippen molar-refractivity contribution in [1.29, 1.82) is 0 Å². The van der Waals surface area contributed by atoms with Crippen molar-refractivity contribution in [3.05, 3.63) is 23.4 Å². The summed E-state index contributed by atoms with van der Waals surface area (Å²) in [6.07, 6.45) is 1.72. The Labute approximate surface area is 112 Å². The van der Waals surface area contributed by atoms with Crippen LogP contribution in [0.25, 0.3) is 0 Å². The third-order valence-corrected chi connectivity index (χ3v) is 3.02. The molecule has 6 nitrogen and oxygen atoms in total. The van der Waals surface area contributed by atoms with Gasteiger partial charge in [0.15, 0.2) is 0 Å². The van der Waals surface area contributed by atoms with Crippen LogP contribution in [0.4, 0.5) is 0 Å². The Morgan fingerprint density at radius 1 is 1.42 bits per heavy atom. The molecule has 0 aromatic carbocycles. The molecule has 6 heteroatoms. The summed E-state index contributed by atoms with van der Waals surface area (Å²) in [4.78, 5) is 18.1. The number of aromatic nitrogens is 1. The number of pyridine rings is 1. The van der Waals surface area contributed by atoms with Gasteiger partial charge in [-0.2, -0.15) is 0 Å². The Bertz CT molecular complexity index is 444. The van der Waals surface area contributed by atoms with Crippen LogP contribution < -0.4 is 4.74 Å². The quantitative estimate of drug-likeness (QED) is 0.748. The number of morpholine rings is 1. The zero-order valence-electron chi connectivity index (χ0n) is 11.2. The molecule has 0 unspecified atom stereocenters. The lowest BCUT2D eigenvalue weighted by molar-refractivity contribution is 0.0340. The molecule has 0 spiro atoms. The minimum absolute atomic E-state index is 0.289. The third-order valence-electron chi connectivity index (χ3n) is 3.02. The first-order chi connectivity index (χ1) is 9.24. The van der Waals surface area contributed by atoms with E-state index >= 15 is 0 Å². The zero-order valence-corrected chi connectivity index (χ0v) is 11.2. The molecule has 1 aromatic rings. The first-order valence-electron chi connectivity index (χ1n) is 6.16. The van der Waals surface area contributed by atoms with Gasteiger partial charge in [0.1, 0.15) is 5.56 Å². The van der Waals surface area contributed by atoms with Crippen LogP contribution in [0.15, 0.2) is 12.3 Å². The molecule has 0 bridgehead atoms. The lowest BCUT2D eigenvalue weighted by atomic mass is 10.2. The summed E-state index contributed by atoms with van der Waals surface area (Å²) in [6, 6.07) is 1.77. The zero-order chi connectivity index (χ0) is 13.7. The van der Waals surface area contributed by atoms with E-state index in [1.54, 1.807) is 12.3 Å². The lowest BCUT2D eigenvalue weighted by Gasteiger charge is -2.26. The van der Waals surface area contributed by atoms with Crippen molar-refractivity contribution in [2.75, 3.05) is 40.5 Å². The van der Waals surface area contributed by atoms with E-state index in [-0.39, 0.29) is 5.88 Å². The summed E-state index contributed by atoms with van der Waals surface area (Å²) in [6.45, 7) is 4.00. The van der Waals surface area contributed by atoms with Gasteiger partial charge < -0.3 is 14.2 Å². The Kier molecular flexibility index (Phi) is 4.70. The predicted molar refractivity (Wildman–Crippen MR) is 68.2 cm³/mol. The Morgan fingerprint density at radius 3 is 2.79 bits per heavy atom. The summed E-state index contributed by atoms with van der Waals surface area (Å²) in [5.41, 5.74) is 1.32. The standard InChI is InChI=1S/C13H18N2O4/c1-17-12-11(13(16)18-2)7-10(8-14-12)9-15-3-5-19-6-4-15/h7-8H,3-6,9H2,1-2H3. The van der Waals surface area contributed by atoms with Crippen molar-refractivity contribution in [3.63, 3.8) is 0 Å². The number of methoxy groups -OCH3 is 2. The number of carbonyl (C=O) groups is 1. The highest BCUT2D eigenvalue weighted by atomic mass is 16.5. The Morgan fingerprint density at radius 2 is 2.16 bits per heavy atom. The molecule has 0 saturated carbocycles. The van der Waals surface area contributed by atoms with E-state index in [4.69, 9.17) is 14.2 Å². The van der Waals surface area contributed by atoms with Crippen LogP contribution in [0, 0.1) is 0 Å². The first-order valence-corrected chi connectivity index (χ1v) is 6.16. The van der Waals surface area contributed by atoms with Gasteiger partial charge >= 0.3 is 5.97 Å². The summed E-state index contributed by atoms with van der Waals surface area (Å²) >= 11 is 0. The van der Waals surface area contributed by atoms with E-state index in [2.05, 4.69) is 9.88 Å². The third kappa shape index (κ3) is 3.42. The molecule has 1 aromatic heterocycles. The highest BCUT2D eigenvalue weighted by molar-refractivity contribution is 5.91. The van der Waals surface area contributed by atoms with Gasteiger partial charge in [0.05, 0.1) is 27.4 Å². The van der Waals surface area contributed by atoms with Crippen LogP contribution in [0.5, 0.6) is 5.88 Å². The van der Waals surface area contributed by atoms with Crippen molar-refractivity contribution in [2.24, 2.45) is 0 Å². The molecule has 0 radical (unpaired) electrons. The second-order valence-electron chi connectivity index (χ2n) is 4.28. The smallest absolute Gasteiger partial charge is 0.343 e. The molecule has 1 aliphatic heterocycles. The van der Waals surface area contributed by atoms with Crippen LogP contribution in [-0.2, 0) is 16.0 Å². The minimum Gasteiger partial charge on any atom is -0.480 e. The molecular formula is C13H18N2O4. The summed E-state index contributed by atoms with van der Waals surface area (Å²) in [5.74, 6) is -0.147. The second-order valence-corrected chi connectivity index (χ2v) is 4.28. The van der Waals surface area contributed by atoms with Crippen LogP contribution >= 0.6 is 0 Å². The van der Waals surface area contributed by atoms with Crippen molar-refractivity contribution in [3.8, 4) is 5.88 Å². The van der Waals surface area contributed by atoms with Crippen LogP contribution in [0.3, 0.4) is 0 Å². The first kappa shape index (κ1) is 13.8. The van der Waals surface area contributed by atoms with Crippen molar-refractivity contribution in [1.82, 2.24) is 9.88 Å². The van der Waals surface area contributed by atoms with E-state index in [0.717, 1.165) is 38.4 Å². The maximum absolute atomic E-state index is 11.7. The monoisotopic (exact) mass is 266 g/mol. The van der Waals surface area contributed by atoms with Crippen molar-refractivity contribution >= 4 is 5.97 Å². The van der Waals surface area contributed by atoms with Gasteiger partial charge in [-0.3, -0.25) is 4.90 Å². The highest BCUT2D eigenvalue weighted by Crippen LogP contribution is 2.18. The molecule has 2 rings (SSSR count). The summed E-state index contributed by atoms with van der Waals surface area (Å²) < 4.78 is 15.1. The molecular weight excluding hydrogens is 248 g/mol. The summed E-state index contributed by atoms with van der Waals surface area (Å²) in [5, 5.41) is 0. The molecule has 1 aliphatic rings. The van der Waals surface area contributed by atoms with Crippen LogP contribution in [0.2, 0.25) is 0 Å². The molecule has 0 aliphatic carbocycles. The number of carbonyl (C=O) groups excluding carboxylic acids is 1. The van der Waals surface area contributed by atoms with Crippen molar-refractivity contribution < 1.29 is 19.0 Å². The van der Waals surface area contributed by atoms with E-state index in [1.807, 2.05) is 0 Å².